The van der Waals surface area contributed by atoms with Crippen LogP contribution < -0.4 is 10.1 Å². The molecule has 0 atom stereocenters. The van der Waals surface area contributed by atoms with Crippen molar-refractivity contribution in [3.05, 3.63) is 125 Å². The molecule has 0 saturated carbocycles. The van der Waals surface area contributed by atoms with E-state index in [2.05, 4.69) is 5.32 Å². The number of hydrogen-bond donors (Lipinski definition) is 1. The van der Waals surface area contributed by atoms with Gasteiger partial charge in [0.15, 0.2) is 9.84 Å². The predicted molar refractivity (Wildman–Crippen MR) is 126 cm³/mol. The van der Waals surface area contributed by atoms with E-state index in [-0.39, 0.29) is 22.6 Å². The van der Waals surface area contributed by atoms with Gasteiger partial charge < -0.3 is 10.1 Å². The van der Waals surface area contributed by atoms with Crippen molar-refractivity contribution in [1.82, 2.24) is 5.32 Å². The van der Waals surface area contributed by atoms with Gasteiger partial charge in [0.2, 0.25) is 0 Å². The summed E-state index contributed by atoms with van der Waals surface area (Å²) < 4.78 is 31.5. The van der Waals surface area contributed by atoms with Crippen LogP contribution in [0.3, 0.4) is 0 Å². The van der Waals surface area contributed by atoms with Gasteiger partial charge in [0.05, 0.1) is 16.7 Å². The normalized spacial score (nSPS) is 12.8. The molecule has 0 aromatic heterocycles. The molecule has 164 valence electrons. The molecule has 33 heavy (non-hydrogen) atoms. The van der Waals surface area contributed by atoms with Crippen LogP contribution in [-0.2, 0) is 15.6 Å². The van der Waals surface area contributed by atoms with Crippen molar-refractivity contribution in [1.29, 1.82) is 0 Å². The average molecular weight is 456 g/mol. The zero-order chi connectivity index (χ0) is 22.8. The SMILES string of the molecule is O=C(NC1c2ccccc2Oc2ccccc21)c1cccc(CS(=O)(=O)c2ccccc2)c1. The van der Waals surface area contributed by atoms with Crippen LogP contribution in [0.1, 0.15) is 33.1 Å². The Morgan fingerprint density at radius 1 is 0.758 bits per heavy atom. The highest BCUT2D eigenvalue weighted by molar-refractivity contribution is 7.90. The minimum atomic E-state index is -3.51. The highest BCUT2D eigenvalue weighted by atomic mass is 32.2. The van der Waals surface area contributed by atoms with E-state index < -0.39 is 9.84 Å². The number of nitrogens with one attached hydrogen (secondary N) is 1. The molecular weight excluding hydrogens is 434 g/mol. The van der Waals surface area contributed by atoms with Gasteiger partial charge in [0.25, 0.3) is 5.91 Å². The lowest BCUT2D eigenvalue weighted by Crippen LogP contribution is -2.31. The van der Waals surface area contributed by atoms with Crippen LogP contribution in [0.4, 0.5) is 0 Å². The third kappa shape index (κ3) is 4.25. The van der Waals surface area contributed by atoms with Gasteiger partial charge in [0, 0.05) is 16.7 Å². The molecule has 1 amide bonds. The average Bonchev–Trinajstić information content (AvgIpc) is 2.84. The molecule has 4 aromatic rings. The van der Waals surface area contributed by atoms with E-state index in [1.54, 1.807) is 54.6 Å². The molecule has 4 aromatic carbocycles. The first-order valence-electron chi connectivity index (χ1n) is 10.5. The molecule has 0 spiro atoms. The van der Waals surface area contributed by atoms with E-state index in [9.17, 15) is 13.2 Å². The number of rotatable bonds is 5. The Bertz CT molecular complexity index is 1390. The van der Waals surface area contributed by atoms with Gasteiger partial charge in [-0.15, -0.1) is 0 Å². The Hall–Kier alpha value is -3.90. The summed E-state index contributed by atoms with van der Waals surface area (Å²) in [6, 6.07) is 29.9. The van der Waals surface area contributed by atoms with Crippen LogP contribution in [0.25, 0.3) is 0 Å². The van der Waals surface area contributed by atoms with Gasteiger partial charge in [-0.05, 0) is 42.0 Å². The van der Waals surface area contributed by atoms with Gasteiger partial charge in [-0.25, -0.2) is 8.42 Å². The van der Waals surface area contributed by atoms with Crippen molar-refractivity contribution in [3.8, 4) is 11.5 Å². The second-order valence-electron chi connectivity index (χ2n) is 7.86. The van der Waals surface area contributed by atoms with Crippen LogP contribution in [0.15, 0.2) is 108 Å². The highest BCUT2D eigenvalue weighted by Gasteiger charge is 2.28. The highest BCUT2D eigenvalue weighted by Crippen LogP contribution is 2.42. The summed E-state index contributed by atoms with van der Waals surface area (Å²) in [4.78, 5) is 13.5. The number of fused-ring (bicyclic) bond motifs is 2. The van der Waals surface area contributed by atoms with Crippen LogP contribution in [0.2, 0.25) is 0 Å². The Morgan fingerprint density at radius 2 is 1.36 bits per heavy atom. The maximum Gasteiger partial charge on any atom is 0.252 e. The molecule has 1 aliphatic rings. The van der Waals surface area contributed by atoms with E-state index in [4.69, 9.17) is 4.74 Å². The smallest absolute Gasteiger partial charge is 0.252 e. The minimum Gasteiger partial charge on any atom is -0.457 e. The number of para-hydroxylation sites is 2. The Kier molecular flexibility index (Phi) is 5.44. The second kappa shape index (κ2) is 8.56. The fourth-order valence-corrected chi connectivity index (χ4v) is 5.37. The van der Waals surface area contributed by atoms with Crippen molar-refractivity contribution in [2.75, 3.05) is 0 Å². The van der Waals surface area contributed by atoms with E-state index in [1.807, 2.05) is 48.5 Å². The molecule has 1 N–H and O–H groups in total. The van der Waals surface area contributed by atoms with Gasteiger partial charge in [-0.1, -0.05) is 66.7 Å². The summed E-state index contributed by atoms with van der Waals surface area (Å²) in [5.74, 6) is 0.931. The largest absolute Gasteiger partial charge is 0.457 e. The minimum absolute atomic E-state index is 0.179. The third-order valence-corrected chi connectivity index (χ3v) is 7.31. The van der Waals surface area contributed by atoms with Crippen molar-refractivity contribution >= 4 is 15.7 Å². The molecule has 1 heterocycles. The fourth-order valence-electron chi connectivity index (χ4n) is 4.01. The summed E-state index contributed by atoms with van der Waals surface area (Å²) >= 11 is 0. The summed E-state index contributed by atoms with van der Waals surface area (Å²) in [5, 5.41) is 3.10. The Morgan fingerprint density at radius 3 is 2.03 bits per heavy atom. The molecule has 0 aliphatic carbocycles. The first-order valence-corrected chi connectivity index (χ1v) is 12.2. The number of amides is 1. The summed E-state index contributed by atoms with van der Waals surface area (Å²) in [6.45, 7) is 0. The van der Waals surface area contributed by atoms with Gasteiger partial charge >= 0.3 is 0 Å². The first kappa shape index (κ1) is 21.0. The van der Waals surface area contributed by atoms with Gasteiger partial charge in [-0.3, -0.25) is 4.79 Å². The maximum absolute atomic E-state index is 13.2. The number of carbonyl (C=O) groups excluding carboxylic acids is 1. The van der Waals surface area contributed by atoms with Crippen LogP contribution in [-0.4, -0.2) is 14.3 Å². The van der Waals surface area contributed by atoms with E-state index in [0.717, 1.165) is 11.1 Å². The van der Waals surface area contributed by atoms with Crippen molar-refractivity contribution in [2.24, 2.45) is 0 Å². The monoisotopic (exact) mass is 455 g/mol. The Balaban J connectivity index is 1.42. The topological polar surface area (TPSA) is 72.5 Å². The molecule has 0 bridgehead atoms. The van der Waals surface area contributed by atoms with Crippen molar-refractivity contribution in [3.63, 3.8) is 0 Å². The van der Waals surface area contributed by atoms with Crippen LogP contribution >= 0.6 is 0 Å². The number of sulfone groups is 1. The van der Waals surface area contributed by atoms with E-state index in [0.29, 0.717) is 22.6 Å². The van der Waals surface area contributed by atoms with E-state index >= 15 is 0 Å². The molecule has 0 saturated heterocycles. The molecule has 5 rings (SSSR count). The number of ether oxygens (including phenoxy) is 1. The standard InChI is InChI=1S/C27H21NO4S/c29-27(20-10-8-9-19(17-20)18-33(30,31)21-11-2-1-3-12-21)28-26-22-13-4-6-15-24(22)32-25-16-7-5-14-23(25)26/h1-17,26H,18H2,(H,28,29). The lowest BCUT2D eigenvalue weighted by Gasteiger charge is -2.28. The number of carbonyl (C=O) groups is 1. The van der Waals surface area contributed by atoms with Crippen LogP contribution in [0.5, 0.6) is 11.5 Å². The van der Waals surface area contributed by atoms with Gasteiger partial charge in [0.1, 0.15) is 11.5 Å². The zero-order valence-corrected chi connectivity index (χ0v) is 18.5. The quantitative estimate of drug-likeness (QED) is 0.444. The first-order chi connectivity index (χ1) is 16.0. The maximum atomic E-state index is 13.2. The second-order valence-corrected chi connectivity index (χ2v) is 9.85. The molecule has 5 nitrogen and oxygen atoms in total. The molecule has 6 heteroatoms. The number of hydrogen-bond acceptors (Lipinski definition) is 4. The summed E-state index contributed by atoms with van der Waals surface area (Å²) in [6.07, 6.45) is 0. The molecular formula is C27H21NO4S. The predicted octanol–water partition coefficient (Wildman–Crippen LogP) is 5.29. The lowest BCUT2D eigenvalue weighted by atomic mass is 9.94. The molecule has 1 aliphatic heterocycles. The van der Waals surface area contributed by atoms with Crippen molar-refractivity contribution < 1.29 is 17.9 Å². The summed E-state index contributed by atoms with van der Waals surface area (Å²) in [7, 11) is -3.51. The summed E-state index contributed by atoms with van der Waals surface area (Å²) in [5.41, 5.74) is 2.69. The van der Waals surface area contributed by atoms with Crippen molar-refractivity contribution in [2.45, 2.75) is 16.7 Å². The molecule has 0 unspecified atom stereocenters. The molecule has 0 fully saturated rings. The third-order valence-electron chi connectivity index (χ3n) is 5.60. The van der Waals surface area contributed by atoms with Crippen LogP contribution in [0, 0.1) is 0 Å². The lowest BCUT2D eigenvalue weighted by molar-refractivity contribution is 0.0941. The van der Waals surface area contributed by atoms with Gasteiger partial charge in [-0.2, -0.15) is 0 Å². The Labute approximate surface area is 192 Å². The van der Waals surface area contributed by atoms with E-state index in [1.165, 1.54) is 0 Å². The molecule has 0 radical (unpaired) electrons. The number of benzene rings is 4. The fraction of sp³-hybridized carbons (Fsp3) is 0.0741. The zero-order valence-electron chi connectivity index (χ0n) is 17.6.